The summed E-state index contributed by atoms with van der Waals surface area (Å²) in [5.41, 5.74) is 8.15. The average Bonchev–Trinajstić information content (AvgIpc) is 3.07. The Bertz CT molecular complexity index is 909. The Hall–Kier alpha value is -3.29. The maximum Gasteiger partial charge on any atom is 0.245 e. The summed E-state index contributed by atoms with van der Waals surface area (Å²) in [6.07, 6.45) is 0.963. The van der Waals surface area contributed by atoms with Gasteiger partial charge in [0.15, 0.2) is 0 Å². The second-order valence-electron chi connectivity index (χ2n) is 6.30. The van der Waals surface area contributed by atoms with E-state index in [0.717, 1.165) is 5.56 Å². The molecule has 3 aromatic rings. The SMILES string of the molecule is Cc1nnnn1C(Cc1cccc(F)c1)C(=O)NCCc1ccc(N)cc1. The first-order valence-corrected chi connectivity index (χ1v) is 8.64. The third-order valence-corrected chi connectivity index (χ3v) is 4.27. The van der Waals surface area contributed by atoms with E-state index in [1.54, 1.807) is 19.1 Å². The first kappa shape index (κ1) is 18.5. The number of anilines is 1. The van der Waals surface area contributed by atoms with Gasteiger partial charge in [-0.25, -0.2) is 9.07 Å². The predicted octanol–water partition coefficient (Wildman–Crippen LogP) is 1.85. The minimum atomic E-state index is -0.659. The Kier molecular flexibility index (Phi) is 5.75. The lowest BCUT2D eigenvalue weighted by Gasteiger charge is -2.17. The van der Waals surface area contributed by atoms with Gasteiger partial charge in [0.2, 0.25) is 5.91 Å². The van der Waals surface area contributed by atoms with Crippen molar-refractivity contribution < 1.29 is 9.18 Å². The third-order valence-electron chi connectivity index (χ3n) is 4.27. The molecule has 0 bridgehead atoms. The highest BCUT2D eigenvalue weighted by Gasteiger charge is 2.24. The second kappa shape index (κ2) is 8.39. The Labute approximate surface area is 156 Å². The number of carbonyl (C=O) groups is 1. The van der Waals surface area contributed by atoms with Crippen LogP contribution in [0.1, 0.15) is 23.0 Å². The molecule has 1 amide bonds. The van der Waals surface area contributed by atoms with Gasteiger partial charge in [-0.1, -0.05) is 24.3 Å². The number of tetrazole rings is 1. The number of aromatic nitrogens is 4. The molecule has 27 heavy (non-hydrogen) atoms. The molecule has 1 atom stereocenters. The van der Waals surface area contributed by atoms with Crippen molar-refractivity contribution in [3.05, 3.63) is 71.3 Å². The molecule has 0 saturated heterocycles. The summed E-state index contributed by atoms with van der Waals surface area (Å²) in [6.45, 7) is 2.18. The number of amides is 1. The summed E-state index contributed by atoms with van der Waals surface area (Å²) < 4.78 is 15.0. The molecule has 140 valence electrons. The van der Waals surface area contributed by atoms with Crippen molar-refractivity contribution in [2.24, 2.45) is 0 Å². The first-order valence-electron chi connectivity index (χ1n) is 8.64. The fourth-order valence-electron chi connectivity index (χ4n) is 2.84. The second-order valence-corrected chi connectivity index (χ2v) is 6.30. The predicted molar refractivity (Wildman–Crippen MR) is 99.3 cm³/mol. The van der Waals surface area contributed by atoms with Crippen LogP contribution in [0.2, 0.25) is 0 Å². The molecule has 1 heterocycles. The van der Waals surface area contributed by atoms with E-state index in [4.69, 9.17) is 5.73 Å². The fraction of sp³-hybridized carbons (Fsp3) is 0.263. The average molecular weight is 368 g/mol. The number of halogens is 1. The minimum Gasteiger partial charge on any atom is -0.399 e. The number of nitrogen functional groups attached to an aromatic ring is 1. The van der Waals surface area contributed by atoms with Crippen molar-refractivity contribution in [2.75, 3.05) is 12.3 Å². The third kappa shape index (κ3) is 4.87. The summed E-state index contributed by atoms with van der Waals surface area (Å²) in [5.74, 6) is -0.0429. The first-order chi connectivity index (χ1) is 13.0. The van der Waals surface area contributed by atoms with Gasteiger partial charge >= 0.3 is 0 Å². The van der Waals surface area contributed by atoms with E-state index in [9.17, 15) is 9.18 Å². The van der Waals surface area contributed by atoms with Gasteiger partial charge in [0.25, 0.3) is 0 Å². The zero-order chi connectivity index (χ0) is 19.2. The van der Waals surface area contributed by atoms with E-state index < -0.39 is 6.04 Å². The van der Waals surface area contributed by atoms with Crippen LogP contribution in [0.5, 0.6) is 0 Å². The quantitative estimate of drug-likeness (QED) is 0.620. The van der Waals surface area contributed by atoms with E-state index in [-0.39, 0.29) is 18.1 Å². The Morgan fingerprint density at radius 2 is 2.00 bits per heavy atom. The highest BCUT2D eigenvalue weighted by atomic mass is 19.1. The van der Waals surface area contributed by atoms with Crippen LogP contribution in [0.25, 0.3) is 0 Å². The zero-order valence-corrected chi connectivity index (χ0v) is 15.0. The molecule has 1 unspecified atom stereocenters. The van der Waals surface area contributed by atoms with Gasteiger partial charge in [0.1, 0.15) is 17.7 Å². The normalized spacial score (nSPS) is 11.9. The summed E-state index contributed by atoms with van der Waals surface area (Å²) in [4.78, 5) is 12.8. The minimum absolute atomic E-state index is 0.217. The number of nitrogens with two attached hydrogens (primary N) is 1. The van der Waals surface area contributed by atoms with Crippen molar-refractivity contribution in [2.45, 2.75) is 25.8 Å². The monoisotopic (exact) mass is 368 g/mol. The highest BCUT2D eigenvalue weighted by molar-refractivity contribution is 5.80. The Morgan fingerprint density at radius 1 is 1.22 bits per heavy atom. The van der Waals surface area contributed by atoms with Crippen LogP contribution in [0, 0.1) is 12.7 Å². The number of nitrogens with zero attached hydrogens (tertiary/aromatic N) is 4. The molecular formula is C19H21FN6O. The van der Waals surface area contributed by atoms with E-state index in [0.29, 0.717) is 30.0 Å². The number of carbonyl (C=O) groups excluding carboxylic acids is 1. The van der Waals surface area contributed by atoms with E-state index in [1.807, 2.05) is 24.3 Å². The van der Waals surface area contributed by atoms with E-state index >= 15 is 0 Å². The van der Waals surface area contributed by atoms with Crippen LogP contribution in [-0.4, -0.2) is 32.7 Å². The van der Waals surface area contributed by atoms with Crippen molar-refractivity contribution in [1.82, 2.24) is 25.5 Å². The number of hydrogen-bond acceptors (Lipinski definition) is 5. The van der Waals surface area contributed by atoms with Crippen LogP contribution in [0.15, 0.2) is 48.5 Å². The Balaban J connectivity index is 1.69. The summed E-state index contributed by atoms with van der Waals surface area (Å²) in [7, 11) is 0. The summed E-state index contributed by atoms with van der Waals surface area (Å²) >= 11 is 0. The van der Waals surface area contributed by atoms with Crippen LogP contribution >= 0.6 is 0 Å². The molecule has 0 fully saturated rings. The van der Waals surface area contributed by atoms with Gasteiger partial charge in [-0.05, 0) is 59.2 Å². The van der Waals surface area contributed by atoms with Gasteiger partial charge in [0.05, 0.1) is 0 Å². The molecule has 3 rings (SSSR count). The number of benzene rings is 2. The smallest absolute Gasteiger partial charge is 0.245 e. The van der Waals surface area contributed by atoms with Crippen molar-refractivity contribution in [3.8, 4) is 0 Å². The number of rotatable bonds is 7. The van der Waals surface area contributed by atoms with Crippen LogP contribution in [0.3, 0.4) is 0 Å². The van der Waals surface area contributed by atoms with Gasteiger partial charge in [-0.15, -0.1) is 5.10 Å². The standard InChI is InChI=1S/C19H21FN6O/c1-13-23-24-25-26(13)18(12-15-3-2-4-16(20)11-15)19(27)22-10-9-14-5-7-17(21)8-6-14/h2-8,11,18H,9-10,12,21H2,1H3,(H,22,27). The molecule has 2 aromatic carbocycles. The summed E-state index contributed by atoms with van der Waals surface area (Å²) in [5, 5.41) is 14.3. The van der Waals surface area contributed by atoms with Crippen molar-refractivity contribution in [1.29, 1.82) is 0 Å². The number of aryl methyl sites for hydroxylation is 1. The van der Waals surface area contributed by atoms with Gasteiger partial charge < -0.3 is 11.1 Å². The molecule has 0 aliphatic heterocycles. The van der Waals surface area contributed by atoms with E-state index in [2.05, 4.69) is 20.8 Å². The van der Waals surface area contributed by atoms with Gasteiger partial charge in [0, 0.05) is 18.7 Å². The van der Waals surface area contributed by atoms with Crippen LogP contribution in [-0.2, 0) is 17.6 Å². The lowest BCUT2D eigenvalue weighted by atomic mass is 10.0. The molecule has 7 nitrogen and oxygen atoms in total. The molecule has 0 aliphatic rings. The fourth-order valence-corrected chi connectivity index (χ4v) is 2.84. The number of hydrogen-bond donors (Lipinski definition) is 2. The van der Waals surface area contributed by atoms with Crippen molar-refractivity contribution >= 4 is 11.6 Å². The zero-order valence-electron chi connectivity index (χ0n) is 15.0. The largest absolute Gasteiger partial charge is 0.399 e. The topological polar surface area (TPSA) is 98.7 Å². The van der Waals surface area contributed by atoms with Crippen molar-refractivity contribution in [3.63, 3.8) is 0 Å². The maximum absolute atomic E-state index is 13.5. The molecule has 0 aliphatic carbocycles. The molecule has 1 aromatic heterocycles. The van der Waals surface area contributed by atoms with Gasteiger partial charge in [-0.2, -0.15) is 0 Å². The number of nitrogens with one attached hydrogen (secondary N) is 1. The molecule has 8 heteroatoms. The highest BCUT2D eigenvalue weighted by Crippen LogP contribution is 2.16. The molecule has 0 radical (unpaired) electrons. The van der Waals surface area contributed by atoms with Crippen LogP contribution in [0.4, 0.5) is 10.1 Å². The van der Waals surface area contributed by atoms with E-state index in [1.165, 1.54) is 16.8 Å². The lowest BCUT2D eigenvalue weighted by molar-refractivity contribution is -0.124. The molecule has 0 spiro atoms. The Morgan fingerprint density at radius 3 is 2.67 bits per heavy atom. The molecule has 3 N–H and O–H groups in total. The maximum atomic E-state index is 13.5. The molecule has 0 saturated carbocycles. The lowest BCUT2D eigenvalue weighted by Crippen LogP contribution is -2.36. The molecular weight excluding hydrogens is 347 g/mol. The van der Waals surface area contributed by atoms with Crippen LogP contribution < -0.4 is 11.1 Å². The summed E-state index contributed by atoms with van der Waals surface area (Å²) in [6, 6.07) is 13.0. The van der Waals surface area contributed by atoms with Gasteiger partial charge in [-0.3, -0.25) is 4.79 Å².